The van der Waals surface area contributed by atoms with Gasteiger partial charge in [0.1, 0.15) is 5.01 Å². The van der Waals surface area contributed by atoms with Gasteiger partial charge in [0.2, 0.25) is 5.91 Å². The summed E-state index contributed by atoms with van der Waals surface area (Å²) in [7, 11) is 0. The van der Waals surface area contributed by atoms with E-state index in [1.54, 1.807) is 11.3 Å². The standard InChI is InChI=1S/C14H16ClN3OS2/c1-9-7-16-4-5-18(9)13(19)6-10-8-20-14(17-10)11-2-3-12(15)21-11/h2-3,8-9,16H,4-7H2,1H3. The maximum absolute atomic E-state index is 12.4. The number of piperazine rings is 1. The van der Waals surface area contributed by atoms with Gasteiger partial charge >= 0.3 is 0 Å². The van der Waals surface area contributed by atoms with Crippen molar-refractivity contribution in [1.82, 2.24) is 15.2 Å². The SMILES string of the molecule is CC1CNCCN1C(=O)Cc1csc(-c2ccc(Cl)s2)n1. The van der Waals surface area contributed by atoms with Crippen molar-refractivity contribution in [2.45, 2.75) is 19.4 Å². The molecule has 0 spiro atoms. The fourth-order valence-electron chi connectivity index (χ4n) is 2.40. The Morgan fingerprint density at radius 3 is 3.14 bits per heavy atom. The number of carbonyl (C=O) groups is 1. The molecule has 1 saturated heterocycles. The molecule has 1 N–H and O–H groups in total. The molecule has 1 fully saturated rings. The zero-order chi connectivity index (χ0) is 14.8. The van der Waals surface area contributed by atoms with Gasteiger partial charge in [-0.1, -0.05) is 11.6 Å². The van der Waals surface area contributed by atoms with Gasteiger partial charge in [-0.05, 0) is 19.1 Å². The number of hydrogen-bond donors (Lipinski definition) is 1. The second-order valence-corrected chi connectivity index (χ2v) is 7.64. The van der Waals surface area contributed by atoms with Crippen LogP contribution in [0.5, 0.6) is 0 Å². The average molecular weight is 342 g/mol. The van der Waals surface area contributed by atoms with Gasteiger partial charge in [-0.2, -0.15) is 0 Å². The van der Waals surface area contributed by atoms with Crippen LogP contribution >= 0.6 is 34.3 Å². The molecule has 2 aromatic rings. The van der Waals surface area contributed by atoms with Crippen molar-refractivity contribution in [1.29, 1.82) is 0 Å². The molecule has 2 aromatic heterocycles. The van der Waals surface area contributed by atoms with Gasteiger partial charge in [-0.15, -0.1) is 22.7 Å². The lowest BCUT2D eigenvalue weighted by molar-refractivity contribution is -0.133. The normalized spacial score (nSPS) is 19.0. The summed E-state index contributed by atoms with van der Waals surface area (Å²) in [6.45, 7) is 4.58. The summed E-state index contributed by atoms with van der Waals surface area (Å²) >= 11 is 9.02. The smallest absolute Gasteiger partial charge is 0.228 e. The molecule has 0 aliphatic carbocycles. The van der Waals surface area contributed by atoms with Crippen LogP contribution in [0.25, 0.3) is 9.88 Å². The van der Waals surface area contributed by atoms with Crippen LogP contribution < -0.4 is 5.32 Å². The minimum absolute atomic E-state index is 0.157. The summed E-state index contributed by atoms with van der Waals surface area (Å²) in [5.74, 6) is 0.157. The first kappa shape index (κ1) is 15.0. The summed E-state index contributed by atoms with van der Waals surface area (Å²) < 4.78 is 0.757. The molecule has 0 aromatic carbocycles. The first-order valence-electron chi connectivity index (χ1n) is 6.84. The fourth-order valence-corrected chi connectivity index (χ4v) is 4.33. The summed E-state index contributed by atoms with van der Waals surface area (Å²) in [6.07, 6.45) is 0.375. The molecule has 1 unspecified atom stereocenters. The Morgan fingerprint density at radius 2 is 2.43 bits per heavy atom. The third-order valence-corrected chi connectivity index (χ3v) is 5.78. The van der Waals surface area contributed by atoms with E-state index >= 15 is 0 Å². The lowest BCUT2D eigenvalue weighted by atomic mass is 10.2. The summed E-state index contributed by atoms with van der Waals surface area (Å²) in [6, 6.07) is 4.09. The molecule has 1 atom stereocenters. The van der Waals surface area contributed by atoms with E-state index in [4.69, 9.17) is 11.6 Å². The number of halogens is 1. The van der Waals surface area contributed by atoms with E-state index in [0.717, 1.165) is 39.5 Å². The van der Waals surface area contributed by atoms with Gasteiger partial charge in [0.25, 0.3) is 0 Å². The Bertz CT molecular complexity index is 640. The van der Waals surface area contributed by atoms with Crippen molar-refractivity contribution >= 4 is 40.2 Å². The molecule has 7 heteroatoms. The monoisotopic (exact) mass is 341 g/mol. The molecule has 112 valence electrons. The van der Waals surface area contributed by atoms with E-state index in [2.05, 4.69) is 17.2 Å². The third kappa shape index (κ3) is 3.45. The van der Waals surface area contributed by atoms with Crippen molar-refractivity contribution in [3.63, 3.8) is 0 Å². The number of rotatable bonds is 3. The fraction of sp³-hybridized carbons (Fsp3) is 0.429. The lowest BCUT2D eigenvalue weighted by Crippen LogP contribution is -2.52. The Balaban J connectivity index is 1.68. The van der Waals surface area contributed by atoms with E-state index in [9.17, 15) is 4.79 Å². The minimum atomic E-state index is 0.157. The number of amides is 1. The zero-order valence-corrected chi connectivity index (χ0v) is 14.0. The predicted molar refractivity (Wildman–Crippen MR) is 88.2 cm³/mol. The summed E-state index contributed by atoms with van der Waals surface area (Å²) in [5, 5.41) is 6.19. The molecule has 1 amide bonds. The Kier molecular flexibility index (Phi) is 4.59. The molecule has 0 radical (unpaired) electrons. The highest BCUT2D eigenvalue weighted by Gasteiger charge is 2.23. The van der Waals surface area contributed by atoms with Gasteiger partial charge in [0.05, 0.1) is 21.3 Å². The van der Waals surface area contributed by atoms with Crippen LogP contribution in [0.2, 0.25) is 4.34 Å². The number of thiazole rings is 1. The van der Waals surface area contributed by atoms with E-state index in [-0.39, 0.29) is 11.9 Å². The van der Waals surface area contributed by atoms with Crippen molar-refractivity contribution in [3.8, 4) is 9.88 Å². The maximum Gasteiger partial charge on any atom is 0.228 e. The molecule has 0 bridgehead atoms. The second kappa shape index (κ2) is 6.44. The third-order valence-electron chi connectivity index (χ3n) is 3.49. The van der Waals surface area contributed by atoms with Gasteiger partial charge in [0, 0.05) is 31.1 Å². The summed E-state index contributed by atoms with van der Waals surface area (Å²) in [5.41, 5.74) is 0.843. The predicted octanol–water partition coefficient (Wildman–Crippen LogP) is 2.89. The van der Waals surface area contributed by atoms with Crippen LogP contribution in [-0.2, 0) is 11.2 Å². The van der Waals surface area contributed by atoms with E-state index < -0.39 is 0 Å². The van der Waals surface area contributed by atoms with E-state index in [1.165, 1.54) is 11.3 Å². The zero-order valence-electron chi connectivity index (χ0n) is 11.6. The Labute approximate surface area is 136 Å². The molecule has 1 aliphatic heterocycles. The molecule has 0 saturated carbocycles. The van der Waals surface area contributed by atoms with Crippen molar-refractivity contribution in [2.24, 2.45) is 0 Å². The Morgan fingerprint density at radius 1 is 1.57 bits per heavy atom. The van der Waals surface area contributed by atoms with Crippen LogP contribution in [0.15, 0.2) is 17.5 Å². The minimum Gasteiger partial charge on any atom is -0.337 e. The molecule has 4 nitrogen and oxygen atoms in total. The summed E-state index contributed by atoms with van der Waals surface area (Å²) in [4.78, 5) is 19.9. The van der Waals surface area contributed by atoms with Crippen LogP contribution in [0.3, 0.4) is 0 Å². The van der Waals surface area contributed by atoms with E-state index in [0.29, 0.717) is 6.42 Å². The lowest BCUT2D eigenvalue weighted by Gasteiger charge is -2.33. The highest BCUT2D eigenvalue weighted by atomic mass is 35.5. The van der Waals surface area contributed by atoms with Crippen molar-refractivity contribution in [2.75, 3.05) is 19.6 Å². The molecule has 3 rings (SSSR count). The average Bonchev–Trinajstić information content (AvgIpc) is 3.08. The van der Waals surface area contributed by atoms with Gasteiger partial charge in [-0.25, -0.2) is 4.98 Å². The van der Waals surface area contributed by atoms with Gasteiger partial charge in [-0.3, -0.25) is 4.79 Å². The van der Waals surface area contributed by atoms with E-state index in [1.807, 2.05) is 22.4 Å². The number of carbonyl (C=O) groups excluding carboxylic acids is 1. The largest absolute Gasteiger partial charge is 0.337 e. The molecule has 3 heterocycles. The van der Waals surface area contributed by atoms with Crippen molar-refractivity contribution < 1.29 is 4.79 Å². The number of hydrogen-bond acceptors (Lipinski definition) is 5. The second-order valence-electron chi connectivity index (χ2n) is 5.06. The van der Waals surface area contributed by atoms with Crippen LogP contribution in [-0.4, -0.2) is 41.5 Å². The van der Waals surface area contributed by atoms with Crippen LogP contribution in [0, 0.1) is 0 Å². The van der Waals surface area contributed by atoms with Crippen molar-refractivity contribution in [3.05, 3.63) is 27.5 Å². The van der Waals surface area contributed by atoms with Crippen LogP contribution in [0.4, 0.5) is 0 Å². The van der Waals surface area contributed by atoms with Crippen LogP contribution in [0.1, 0.15) is 12.6 Å². The number of thiophene rings is 1. The van der Waals surface area contributed by atoms with Gasteiger partial charge in [0.15, 0.2) is 0 Å². The molecule has 1 aliphatic rings. The number of nitrogens with one attached hydrogen (secondary N) is 1. The quantitative estimate of drug-likeness (QED) is 0.933. The Hall–Kier alpha value is -0.950. The number of nitrogens with zero attached hydrogens (tertiary/aromatic N) is 2. The number of aromatic nitrogens is 1. The highest BCUT2D eigenvalue weighted by Crippen LogP contribution is 2.33. The molecular formula is C14H16ClN3OS2. The topological polar surface area (TPSA) is 45.2 Å². The maximum atomic E-state index is 12.4. The van der Waals surface area contributed by atoms with Gasteiger partial charge < -0.3 is 10.2 Å². The first-order valence-corrected chi connectivity index (χ1v) is 8.91. The first-order chi connectivity index (χ1) is 10.1. The highest BCUT2D eigenvalue weighted by molar-refractivity contribution is 7.23. The molecular weight excluding hydrogens is 326 g/mol. The molecule has 21 heavy (non-hydrogen) atoms.